The molecule has 0 radical (unpaired) electrons. The van der Waals surface area contributed by atoms with Crippen LogP contribution in [0.25, 0.3) is 0 Å². The molecule has 0 aliphatic carbocycles. The van der Waals surface area contributed by atoms with Crippen LogP contribution >= 0.6 is 0 Å². The van der Waals surface area contributed by atoms with Crippen molar-refractivity contribution in [3.05, 3.63) is 0 Å². The zero-order valence-corrected chi connectivity index (χ0v) is 13.9. The number of carbonyl (C=O) groups is 1. The molecule has 3 aliphatic rings. The molecule has 6 nitrogen and oxygen atoms in total. The molecule has 1 spiro atoms. The average Bonchev–Trinajstić information content (AvgIpc) is 3.07. The second kappa shape index (κ2) is 6.72. The molecule has 3 rings (SSSR count). The number of ether oxygens (including phenoxy) is 2. The van der Waals surface area contributed by atoms with Crippen molar-refractivity contribution in [3.8, 4) is 0 Å². The molecule has 3 aliphatic heterocycles. The van der Waals surface area contributed by atoms with Crippen LogP contribution in [0.2, 0.25) is 0 Å². The Kier molecular flexibility index (Phi) is 4.90. The van der Waals surface area contributed by atoms with Gasteiger partial charge in [-0.25, -0.2) is 4.79 Å². The van der Waals surface area contributed by atoms with E-state index in [1.807, 2.05) is 9.80 Å². The number of rotatable bonds is 2. The highest BCUT2D eigenvalue weighted by atomic mass is 16.5. The molecule has 2 atom stereocenters. The van der Waals surface area contributed by atoms with E-state index in [0.717, 1.165) is 45.5 Å². The predicted octanol–water partition coefficient (Wildman–Crippen LogP) is 0.871. The summed E-state index contributed by atoms with van der Waals surface area (Å²) in [4.78, 5) is 18.8. The summed E-state index contributed by atoms with van der Waals surface area (Å²) in [5.74, 6) is 0.528. The lowest BCUT2D eigenvalue weighted by Gasteiger charge is -2.33. The van der Waals surface area contributed by atoms with E-state index in [4.69, 9.17) is 9.47 Å². The Morgan fingerprint density at radius 1 is 1.23 bits per heavy atom. The lowest BCUT2D eigenvalue weighted by Crippen LogP contribution is -2.50. The van der Waals surface area contributed by atoms with Gasteiger partial charge >= 0.3 is 6.03 Å². The topological polar surface area (TPSA) is 45.3 Å². The van der Waals surface area contributed by atoms with Crippen molar-refractivity contribution in [1.82, 2.24) is 14.7 Å². The van der Waals surface area contributed by atoms with Crippen molar-refractivity contribution in [2.24, 2.45) is 5.92 Å². The summed E-state index contributed by atoms with van der Waals surface area (Å²) in [5, 5.41) is 0. The number of likely N-dealkylation sites (tertiary alicyclic amines) is 1. The quantitative estimate of drug-likeness (QED) is 0.759. The van der Waals surface area contributed by atoms with E-state index in [0.29, 0.717) is 32.2 Å². The Morgan fingerprint density at radius 3 is 2.73 bits per heavy atom. The van der Waals surface area contributed by atoms with Crippen LogP contribution in [-0.4, -0.2) is 93.0 Å². The van der Waals surface area contributed by atoms with Gasteiger partial charge in [0.1, 0.15) is 5.60 Å². The number of urea groups is 1. The molecular formula is C16H29N3O3. The van der Waals surface area contributed by atoms with Gasteiger partial charge in [-0.2, -0.15) is 0 Å². The summed E-state index contributed by atoms with van der Waals surface area (Å²) in [6, 6.07) is 0.169. The number of nitrogens with zero attached hydrogens (tertiary/aromatic N) is 3. The molecule has 2 amide bonds. The van der Waals surface area contributed by atoms with Crippen LogP contribution in [0.15, 0.2) is 0 Å². The minimum Gasteiger partial charge on any atom is -0.377 e. The standard InChI is InChI=1S/C16H29N3O3/c1-17(2)10-14-9-16(22-11-14)12-19(7-8-21-13-16)15(20)18-5-3-4-6-18/h14H,3-13H2,1-2H3/t14-,16-/m1/s1. The first kappa shape index (κ1) is 16.0. The first-order valence-electron chi connectivity index (χ1n) is 8.48. The van der Waals surface area contributed by atoms with Gasteiger partial charge in [-0.1, -0.05) is 0 Å². The highest BCUT2D eigenvalue weighted by Crippen LogP contribution is 2.33. The second-order valence-corrected chi connectivity index (χ2v) is 7.28. The molecule has 126 valence electrons. The average molecular weight is 311 g/mol. The second-order valence-electron chi connectivity index (χ2n) is 7.28. The minimum atomic E-state index is -0.299. The summed E-state index contributed by atoms with van der Waals surface area (Å²) in [5.41, 5.74) is -0.299. The Bertz CT molecular complexity index is 398. The van der Waals surface area contributed by atoms with Crippen molar-refractivity contribution >= 4 is 6.03 Å². The Labute approximate surface area is 133 Å². The summed E-state index contributed by atoms with van der Waals surface area (Å²) in [6.45, 7) is 6.17. The molecule has 0 aromatic heterocycles. The lowest BCUT2D eigenvalue weighted by atomic mass is 9.94. The van der Waals surface area contributed by atoms with E-state index in [1.165, 1.54) is 0 Å². The van der Waals surface area contributed by atoms with Crippen LogP contribution in [0.1, 0.15) is 19.3 Å². The first-order valence-corrected chi connectivity index (χ1v) is 8.48. The highest BCUT2D eigenvalue weighted by molar-refractivity contribution is 5.74. The predicted molar refractivity (Wildman–Crippen MR) is 83.9 cm³/mol. The molecule has 0 aromatic rings. The van der Waals surface area contributed by atoms with Crippen molar-refractivity contribution < 1.29 is 14.3 Å². The monoisotopic (exact) mass is 311 g/mol. The normalized spacial score (nSPS) is 33.0. The van der Waals surface area contributed by atoms with Gasteiger partial charge in [-0.15, -0.1) is 0 Å². The van der Waals surface area contributed by atoms with Crippen LogP contribution in [0, 0.1) is 5.92 Å². The zero-order chi connectivity index (χ0) is 15.6. The summed E-state index contributed by atoms with van der Waals surface area (Å²) < 4.78 is 11.9. The van der Waals surface area contributed by atoms with Crippen molar-refractivity contribution in [2.75, 3.05) is 66.6 Å². The molecule has 0 saturated carbocycles. The molecule has 0 unspecified atom stereocenters. The molecule has 3 heterocycles. The summed E-state index contributed by atoms with van der Waals surface area (Å²) >= 11 is 0. The maximum absolute atomic E-state index is 12.7. The minimum absolute atomic E-state index is 0.169. The van der Waals surface area contributed by atoms with E-state index in [2.05, 4.69) is 19.0 Å². The van der Waals surface area contributed by atoms with Gasteiger partial charge in [0.15, 0.2) is 0 Å². The highest BCUT2D eigenvalue weighted by Gasteiger charge is 2.44. The summed E-state index contributed by atoms with van der Waals surface area (Å²) in [6.07, 6.45) is 3.24. The van der Waals surface area contributed by atoms with Crippen molar-refractivity contribution in [2.45, 2.75) is 24.9 Å². The third-order valence-electron chi connectivity index (χ3n) is 4.91. The van der Waals surface area contributed by atoms with Crippen LogP contribution in [-0.2, 0) is 9.47 Å². The smallest absolute Gasteiger partial charge is 0.320 e. The molecular weight excluding hydrogens is 282 g/mol. The molecule has 3 fully saturated rings. The number of carbonyl (C=O) groups excluding carboxylic acids is 1. The number of hydrogen-bond acceptors (Lipinski definition) is 4. The summed E-state index contributed by atoms with van der Waals surface area (Å²) in [7, 11) is 4.19. The van der Waals surface area contributed by atoms with E-state index >= 15 is 0 Å². The van der Waals surface area contributed by atoms with Gasteiger partial charge in [0.05, 0.1) is 26.4 Å². The molecule has 6 heteroatoms. The van der Waals surface area contributed by atoms with Crippen LogP contribution in [0.5, 0.6) is 0 Å². The van der Waals surface area contributed by atoms with Gasteiger partial charge < -0.3 is 24.2 Å². The molecule has 0 aromatic carbocycles. The van der Waals surface area contributed by atoms with Gasteiger partial charge in [0, 0.05) is 26.2 Å². The van der Waals surface area contributed by atoms with Gasteiger partial charge in [-0.3, -0.25) is 0 Å². The maximum Gasteiger partial charge on any atom is 0.320 e. The zero-order valence-electron chi connectivity index (χ0n) is 13.9. The maximum atomic E-state index is 12.7. The van der Waals surface area contributed by atoms with E-state index in [9.17, 15) is 4.79 Å². The van der Waals surface area contributed by atoms with E-state index < -0.39 is 0 Å². The molecule has 22 heavy (non-hydrogen) atoms. The third kappa shape index (κ3) is 3.55. The van der Waals surface area contributed by atoms with Gasteiger partial charge in [0.2, 0.25) is 0 Å². The van der Waals surface area contributed by atoms with Crippen LogP contribution < -0.4 is 0 Å². The largest absolute Gasteiger partial charge is 0.377 e. The molecule has 0 N–H and O–H groups in total. The fourth-order valence-electron chi connectivity index (χ4n) is 3.96. The fraction of sp³-hybridized carbons (Fsp3) is 0.938. The first-order chi connectivity index (χ1) is 10.6. The Hall–Kier alpha value is -0.850. The van der Waals surface area contributed by atoms with Gasteiger partial charge in [-0.05, 0) is 39.3 Å². The molecule has 3 saturated heterocycles. The SMILES string of the molecule is CN(C)C[C@@H]1CO[C@]2(COCCN(C(=O)N3CCCC3)C2)C1. The van der Waals surface area contributed by atoms with E-state index in [-0.39, 0.29) is 11.6 Å². The number of hydrogen-bond donors (Lipinski definition) is 0. The number of amides is 2. The Morgan fingerprint density at radius 2 is 2.00 bits per heavy atom. The Balaban J connectivity index is 1.64. The molecule has 0 bridgehead atoms. The van der Waals surface area contributed by atoms with E-state index in [1.54, 1.807) is 0 Å². The van der Waals surface area contributed by atoms with Crippen molar-refractivity contribution in [3.63, 3.8) is 0 Å². The van der Waals surface area contributed by atoms with Crippen LogP contribution in [0.4, 0.5) is 4.79 Å². The fourth-order valence-corrected chi connectivity index (χ4v) is 3.96. The van der Waals surface area contributed by atoms with Crippen molar-refractivity contribution in [1.29, 1.82) is 0 Å². The lowest BCUT2D eigenvalue weighted by molar-refractivity contribution is -0.0537. The third-order valence-corrected chi connectivity index (χ3v) is 4.91. The van der Waals surface area contributed by atoms with Gasteiger partial charge in [0.25, 0.3) is 0 Å². The van der Waals surface area contributed by atoms with Crippen LogP contribution in [0.3, 0.4) is 0 Å².